The topological polar surface area (TPSA) is 125 Å². The van der Waals surface area contributed by atoms with E-state index in [4.69, 9.17) is 4.74 Å². The van der Waals surface area contributed by atoms with E-state index in [1.807, 2.05) is 30.3 Å². The third-order valence-electron chi connectivity index (χ3n) is 6.46. The fraction of sp³-hybridized carbons (Fsp3) is 0.517. The molecule has 1 saturated heterocycles. The molecule has 3 amide bonds. The molecule has 1 unspecified atom stereocenters. The van der Waals surface area contributed by atoms with Crippen molar-refractivity contribution in [3.05, 3.63) is 61.2 Å². The molecule has 4 atom stereocenters. The zero-order chi connectivity index (χ0) is 27.9. The monoisotopic (exact) mass is 527 g/mol. The van der Waals surface area contributed by atoms with Crippen molar-refractivity contribution in [1.29, 1.82) is 0 Å². The second kappa shape index (κ2) is 16.4. The maximum absolute atomic E-state index is 13.1. The molecule has 1 aliphatic rings. The third kappa shape index (κ3) is 10.1. The van der Waals surface area contributed by atoms with Gasteiger partial charge in [0.05, 0.1) is 18.6 Å². The second-order valence-corrected chi connectivity index (χ2v) is 9.71. The van der Waals surface area contributed by atoms with Crippen LogP contribution in [0.25, 0.3) is 0 Å². The number of likely N-dealkylation sites (tertiary alicyclic amines) is 1. The lowest BCUT2D eigenvalue weighted by Gasteiger charge is -2.24. The minimum atomic E-state index is -1.05. The Hall–Kier alpha value is -3.46. The van der Waals surface area contributed by atoms with E-state index in [0.717, 1.165) is 18.4 Å². The molecule has 208 valence electrons. The summed E-state index contributed by atoms with van der Waals surface area (Å²) in [6, 6.07) is 8.29. The van der Waals surface area contributed by atoms with Crippen molar-refractivity contribution in [2.45, 2.75) is 57.5 Å². The van der Waals surface area contributed by atoms with Crippen molar-refractivity contribution >= 4 is 23.7 Å². The van der Waals surface area contributed by atoms with Crippen LogP contribution in [-0.2, 0) is 30.3 Å². The molecule has 0 spiro atoms. The molecule has 38 heavy (non-hydrogen) atoms. The number of ether oxygens (including phenoxy) is 1. The van der Waals surface area contributed by atoms with E-state index in [9.17, 15) is 24.3 Å². The number of nitrogens with one attached hydrogen (secondary N) is 2. The van der Waals surface area contributed by atoms with Crippen molar-refractivity contribution in [3.8, 4) is 0 Å². The molecular formula is C29H41N3O6. The number of carbonyl (C=O) groups is 4. The number of esters is 1. The van der Waals surface area contributed by atoms with Crippen molar-refractivity contribution in [3.63, 3.8) is 0 Å². The SMILES string of the molecule is C=CCC(C(=O)N[C@H](COC(=O)[C@H](CC=C)CC(=O)N1CCCC1)Cc1ccccc1)C(=O)N[C@H](C)CO. The van der Waals surface area contributed by atoms with Crippen LogP contribution in [0.4, 0.5) is 0 Å². The highest BCUT2D eigenvalue weighted by molar-refractivity contribution is 6.00. The van der Waals surface area contributed by atoms with Gasteiger partial charge in [-0.3, -0.25) is 19.2 Å². The summed E-state index contributed by atoms with van der Waals surface area (Å²) in [4.78, 5) is 53.2. The molecule has 0 aliphatic carbocycles. The van der Waals surface area contributed by atoms with Crippen molar-refractivity contribution in [2.75, 3.05) is 26.3 Å². The summed E-state index contributed by atoms with van der Waals surface area (Å²) in [6.07, 6.45) is 5.83. The first kappa shape index (κ1) is 30.8. The maximum atomic E-state index is 13.1. The first-order valence-electron chi connectivity index (χ1n) is 13.2. The molecule has 9 nitrogen and oxygen atoms in total. The molecule has 1 aromatic rings. The lowest BCUT2D eigenvalue weighted by Crippen LogP contribution is -2.49. The van der Waals surface area contributed by atoms with E-state index in [2.05, 4.69) is 23.8 Å². The lowest BCUT2D eigenvalue weighted by atomic mass is 10.00. The summed E-state index contributed by atoms with van der Waals surface area (Å²) in [7, 11) is 0. The quantitative estimate of drug-likeness (QED) is 0.172. The van der Waals surface area contributed by atoms with Crippen LogP contribution in [0.1, 0.15) is 44.6 Å². The van der Waals surface area contributed by atoms with Gasteiger partial charge < -0.3 is 25.4 Å². The molecule has 1 fully saturated rings. The van der Waals surface area contributed by atoms with Gasteiger partial charge in [-0.2, -0.15) is 0 Å². The van der Waals surface area contributed by atoms with E-state index in [0.29, 0.717) is 25.9 Å². The molecule has 3 N–H and O–H groups in total. The van der Waals surface area contributed by atoms with Crippen molar-refractivity contribution in [2.24, 2.45) is 11.8 Å². The van der Waals surface area contributed by atoms with Crippen molar-refractivity contribution < 1.29 is 29.0 Å². The largest absolute Gasteiger partial charge is 0.463 e. The number of hydrogen-bond acceptors (Lipinski definition) is 6. The third-order valence-corrected chi connectivity index (χ3v) is 6.46. The van der Waals surface area contributed by atoms with Crippen LogP contribution in [0.15, 0.2) is 55.6 Å². The molecule has 0 aromatic heterocycles. The molecule has 1 aromatic carbocycles. The van der Waals surface area contributed by atoms with E-state index < -0.39 is 41.7 Å². The Morgan fingerprint density at radius 2 is 1.66 bits per heavy atom. The van der Waals surface area contributed by atoms with Gasteiger partial charge in [-0.05, 0) is 44.6 Å². The normalized spacial score (nSPS) is 16.0. The average molecular weight is 528 g/mol. The Kier molecular flexibility index (Phi) is 13.3. The van der Waals surface area contributed by atoms with Crippen LogP contribution in [0.3, 0.4) is 0 Å². The number of rotatable bonds is 16. The van der Waals surface area contributed by atoms with E-state index >= 15 is 0 Å². The number of nitrogens with zero attached hydrogens (tertiary/aromatic N) is 1. The number of carbonyl (C=O) groups excluding carboxylic acids is 4. The first-order valence-corrected chi connectivity index (χ1v) is 13.2. The summed E-state index contributed by atoms with van der Waals surface area (Å²) in [5.74, 6) is -3.37. The van der Waals surface area contributed by atoms with E-state index in [-0.39, 0.29) is 32.0 Å². The van der Waals surface area contributed by atoms with Gasteiger partial charge in [0.1, 0.15) is 12.5 Å². The summed E-state index contributed by atoms with van der Waals surface area (Å²) in [6.45, 7) is 10.0. The minimum Gasteiger partial charge on any atom is -0.463 e. The Bertz CT molecular complexity index is 945. The van der Waals surface area contributed by atoms with Crippen LogP contribution in [0, 0.1) is 11.8 Å². The van der Waals surface area contributed by atoms with Crippen molar-refractivity contribution in [1.82, 2.24) is 15.5 Å². The molecule has 0 saturated carbocycles. The van der Waals surface area contributed by atoms with Crippen LogP contribution < -0.4 is 10.6 Å². The first-order chi connectivity index (χ1) is 18.3. The zero-order valence-corrected chi connectivity index (χ0v) is 22.3. The fourth-order valence-corrected chi connectivity index (χ4v) is 4.31. The molecular weight excluding hydrogens is 486 g/mol. The smallest absolute Gasteiger partial charge is 0.309 e. The molecule has 0 radical (unpaired) electrons. The fourth-order valence-electron chi connectivity index (χ4n) is 4.31. The van der Waals surface area contributed by atoms with E-state index in [1.165, 1.54) is 6.08 Å². The molecule has 9 heteroatoms. The summed E-state index contributed by atoms with van der Waals surface area (Å²) >= 11 is 0. The lowest BCUT2D eigenvalue weighted by molar-refractivity contribution is -0.152. The maximum Gasteiger partial charge on any atom is 0.309 e. The van der Waals surface area contributed by atoms with Gasteiger partial charge in [-0.1, -0.05) is 42.5 Å². The van der Waals surface area contributed by atoms with Crippen LogP contribution in [0.5, 0.6) is 0 Å². The number of amides is 3. The highest BCUT2D eigenvalue weighted by atomic mass is 16.5. The summed E-state index contributed by atoms with van der Waals surface area (Å²) in [5, 5.41) is 14.7. The number of aliphatic hydroxyl groups excluding tert-OH is 1. The number of benzene rings is 1. The highest BCUT2D eigenvalue weighted by Gasteiger charge is 2.30. The summed E-state index contributed by atoms with van der Waals surface area (Å²) in [5.41, 5.74) is 0.916. The molecule has 0 bridgehead atoms. The highest BCUT2D eigenvalue weighted by Crippen LogP contribution is 2.18. The van der Waals surface area contributed by atoms with Gasteiger partial charge in [0.15, 0.2) is 0 Å². The van der Waals surface area contributed by atoms with Gasteiger partial charge in [0.2, 0.25) is 17.7 Å². The van der Waals surface area contributed by atoms with Gasteiger partial charge in [0, 0.05) is 25.6 Å². The standard InChI is InChI=1S/C29H41N3O6/c1-4-11-23(18-26(34)32-15-9-10-16-32)29(37)38-20-24(17-22-13-7-6-8-14-22)31-28(36)25(12-5-2)27(35)30-21(3)19-33/h4-8,13-14,21,23-25,33H,1-2,9-12,15-20H2,3H3,(H,30,35)(H,31,36)/t21-,23-,24+,25?/m1/s1. The Labute approximate surface area is 225 Å². The predicted molar refractivity (Wildman–Crippen MR) is 145 cm³/mol. The van der Waals surface area contributed by atoms with Crippen LogP contribution in [-0.4, -0.2) is 72.1 Å². The Morgan fingerprint density at radius 3 is 2.26 bits per heavy atom. The van der Waals surface area contributed by atoms with Gasteiger partial charge in [-0.15, -0.1) is 13.2 Å². The number of hydrogen-bond donors (Lipinski definition) is 3. The Morgan fingerprint density at radius 1 is 1.03 bits per heavy atom. The molecule has 1 aliphatic heterocycles. The Balaban J connectivity index is 2.10. The van der Waals surface area contributed by atoms with Gasteiger partial charge in [0.25, 0.3) is 0 Å². The second-order valence-electron chi connectivity index (χ2n) is 9.71. The minimum absolute atomic E-state index is 0.0468. The molecule has 1 heterocycles. The predicted octanol–water partition coefficient (Wildman–Crippen LogP) is 2.15. The number of aliphatic hydroxyl groups is 1. The summed E-state index contributed by atoms with van der Waals surface area (Å²) < 4.78 is 5.61. The number of allylic oxidation sites excluding steroid dienone is 2. The molecule has 2 rings (SSSR count). The van der Waals surface area contributed by atoms with E-state index in [1.54, 1.807) is 17.9 Å². The van der Waals surface area contributed by atoms with Crippen LogP contribution in [0.2, 0.25) is 0 Å². The van der Waals surface area contributed by atoms with Gasteiger partial charge >= 0.3 is 5.97 Å². The average Bonchev–Trinajstić information content (AvgIpc) is 3.45. The zero-order valence-electron chi connectivity index (χ0n) is 22.3. The van der Waals surface area contributed by atoms with Gasteiger partial charge in [-0.25, -0.2) is 0 Å². The van der Waals surface area contributed by atoms with Crippen LogP contribution >= 0.6 is 0 Å².